The third-order valence-electron chi connectivity index (χ3n) is 5.27. The number of para-hydroxylation sites is 1. The van der Waals surface area contributed by atoms with Crippen LogP contribution in [0.5, 0.6) is 0 Å². The third kappa shape index (κ3) is 5.19. The maximum atomic E-state index is 15.0. The van der Waals surface area contributed by atoms with Crippen LogP contribution in [-0.4, -0.2) is 17.4 Å². The number of alkyl halides is 2. The second kappa shape index (κ2) is 9.90. The molecule has 0 radical (unpaired) electrons. The average Bonchev–Trinajstić information content (AvgIpc) is 2.79. The number of pyridine rings is 1. The topological polar surface area (TPSA) is 48.3 Å². The van der Waals surface area contributed by atoms with Crippen LogP contribution in [0.15, 0.2) is 81.6 Å². The summed E-state index contributed by atoms with van der Waals surface area (Å²) >= 11 is 13.4. The molecule has 4 aromatic rings. The molecule has 0 aliphatic heterocycles. The van der Waals surface area contributed by atoms with E-state index in [-0.39, 0.29) is 11.1 Å². The first-order valence-corrected chi connectivity index (χ1v) is 11.9. The summed E-state index contributed by atoms with van der Waals surface area (Å²) in [6, 6.07) is 16.8. The maximum absolute atomic E-state index is 15.0. The lowest BCUT2D eigenvalue weighted by Gasteiger charge is -2.21. The van der Waals surface area contributed by atoms with E-state index in [4.69, 9.17) is 23.2 Å². The van der Waals surface area contributed by atoms with E-state index >= 15 is 0 Å². The number of fused-ring (bicyclic) bond motifs is 1. The zero-order valence-corrected chi connectivity index (χ0v) is 20.6. The van der Waals surface area contributed by atoms with Crippen LogP contribution in [0.3, 0.4) is 0 Å². The number of aromatic nitrogens is 1. The predicted octanol–water partition coefficient (Wildman–Crippen LogP) is 7.21. The highest BCUT2D eigenvalue weighted by atomic mass is 35.5. The van der Waals surface area contributed by atoms with Gasteiger partial charge in [0.05, 0.1) is 15.6 Å². The van der Waals surface area contributed by atoms with E-state index in [1.54, 1.807) is 67.7 Å². The van der Waals surface area contributed by atoms with E-state index in [0.717, 1.165) is 10.5 Å². The molecule has 1 aromatic heterocycles. The van der Waals surface area contributed by atoms with Gasteiger partial charge in [0, 0.05) is 32.5 Å². The van der Waals surface area contributed by atoms with Gasteiger partial charge < -0.3 is 5.11 Å². The molecule has 3 nitrogen and oxygen atoms in total. The lowest BCUT2D eigenvalue weighted by molar-refractivity contribution is -0.213. The molecule has 0 spiro atoms. The number of benzene rings is 3. The molecule has 0 saturated carbocycles. The van der Waals surface area contributed by atoms with Gasteiger partial charge in [0.15, 0.2) is 0 Å². The van der Waals surface area contributed by atoms with Gasteiger partial charge in [-0.3, -0.25) is 9.98 Å². The molecule has 1 heterocycles. The van der Waals surface area contributed by atoms with Crippen molar-refractivity contribution < 1.29 is 13.9 Å². The molecule has 0 saturated heterocycles. The predicted molar refractivity (Wildman–Crippen MR) is 134 cm³/mol. The van der Waals surface area contributed by atoms with Crippen LogP contribution in [0.1, 0.15) is 22.3 Å². The highest BCUT2D eigenvalue weighted by Gasteiger charge is 2.32. The van der Waals surface area contributed by atoms with Crippen LogP contribution < -0.4 is 5.11 Å². The largest absolute Gasteiger partial charge is 0.858 e. The second-order valence-electron chi connectivity index (χ2n) is 7.84. The van der Waals surface area contributed by atoms with E-state index in [2.05, 4.69) is 9.98 Å². The Hall–Kier alpha value is -2.67. The van der Waals surface area contributed by atoms with Crippen LogP contribution in [0.2, 0.25) is 10.0 Å². The Morgan fingerprint density at radius 1 is 1.03 bits per heavy atom. The summed E-state index contributed by atoms with van der Waals surface area (Å²) in [5, 5.41) is 14.5. The van der Waals surface area contributed by atoms with Crippen molar-refractivity contribution in [3.05, 3.63) is 99.2 Å². The number of aliphatic imine (C=N–C) groups is 1. The Labute approximate surface area is 210 Å². The Balaban J connectivity index is 1.74. The quantitative estimate of drug-likeness (QED) is 0.201. The number of halogens is 4. The van der Waals surface area contributed by atoms with Crippen molar-refractivity contribution in [2.24, 2.45) is 4.99 Å². The van der Waals surface area contributed by atoms with Gasteiger partial charge in [0.25, 0.3) is 5.92 Å². The Kier molecular flexibility index (Phi) is 7.12. The van der Waals surface area contributed by atoms with Gasteiger partial charge in [-0.15, -0.1) is 0 Å². The van der Waals surface area contributed by atoms with Gasteiger partial charge >= 0.3 is 0 Å². The fourth-order valence-corrected chi connectivity index (χ4v) is 4.98. The first-order chi connectivity index (χ1) is 16.2. The van der Waals surface area contributed by atoms with E-state index < -0.39 is 18.4 Å². The van der Waals surface area contributed by atoms with Crippen molar-refractivity contribution in [1.29, 1.82) is 0 Å². The highest BCUT2D eigenvalue weighted by Crippen LogP contribution is 2.37. The van der Waals surface area contributed by atoms with Crippen LogP contribution in [0.4, 0.5) is 8.78 Å². The van der Waals surface area contributed by atoms with Crippen LogP contribution in [0, 0.1) is 13.8 Å². The molecule has 0 fully saturated rings. The van der Waals surface area contributed by atoms with Gasteiger partial charge in [0.1, 0.15) is 6.54 Å². The normalized spacial score (nSPS) is 12.4. The van der Waals surface area contributed by atoms with Crippen LogP contribution in [-0.2, 0) is 5.92 Å². The SMILES string of the molecule is Cc1ccc(C(F)(F)CN=C([O-])c2c(Sc3ccc(Cl)c(Cl)c3)cnc3ccccc23)c(C)c1. The van der Waals surface area contributed by atoms with Crippen molar-refractivity contribution >= 4 is 51.8 Å². The highest BCUT2D eigenvalue weighted by molar-refractivity contribution is 7.99. The zero-order chi connectivity index (χ0) is 24.5. The molecule has 0 aliphatic rings. The number of nitrogens with zero attached hydrogens (tertiary/aromatic N) is 2. The van der Waals surface area contributed by atoms with Crippen molar-refractivity contribution in [3.63, 3.8) is 0 Å². The second-order valence-corrected chi connectivity index (χ2v) is 9.77. The van der Waals surface area contributed by atoms with E-state index in [1.165, 1.54) is 17.8 Å². The smallest absolute Gasteiger partial charge is 0.292 e. The van der Waals surface area contributed by atoms with E-state index in [1.807, 2.05) is 6.92 Å². The minimum Gasteiger partial charge on any atom is -0.858 e. The third-order valence-corrected chi connectivity index (χ3v) is 7.03. The number of aryl methyl sites for hydroxylation is 2. The summed E-state index contributed by atoms with van der Waals surface area (Å²) in [6.07, 6.45) is 1.54. The fraction of sp³-hybridized carbons (Fsp3) is 0.154. The fourth-order valence-electron chi connectivity index (χ4n) is 3.65. The molecule has 0 bridgehead atoms. The molecule has 3 aromatic carbocycles. The summed E-state index contributed by atoms with van der Waals surface area (Å²) in [6.45, 7) is 2.51. The first-order valence-electron chi connectivity index (χ1n) is 10.3. The number of rotatable bonds is 6. The van der Waals surface area contributed by atoms with Gasteiger partial charge in [0.2, 0.25) is 0 Å². The van der Waals surface area contributed by atoms with Gasteiger partial charge in [-0.2, -0.15) is 8.78 Å². The van der Waals surface area contributed by atoms with Crippen molar-refractivity contribution in [3.8, 4) is 0 Å². The number of hydrogen-bond acceptors (Lipinski definition) is 4. The average molecular weight is 516 g/mol. The van der Waals surface area contributed by atoms with Crippen LogP contribution in [0.25, 0.3) is 10.9 Å². The van der Waals surface area contributed by atoms with Gasteiger partial charge in [-0.1, -0.05) is 76.9 Å². The summed E-state index contributed by atoms with van der Waals surface area (Å²) < 4.78 is 30.0. The standard InChI is InChI=1S/C26H20Cl2F2N2OS/c1-15-7-9-19(16(2)11-15)26(29,30)14-32-25(33)24-18-5-3-4-6-22(18)31-13-23(24)34-17-8-10-20(27)21(28)12-17/h3-13H,14H2,1-2H3,(H,32,33)/p-1. The molecule has 8 heteroatoms. The molecule has 4 rings (SSSR count). The van der Waals surface area contributed by atoms with Crippen LogP contribution >= 0.6 is 35.0 Å². The minimum atomic E-state index is -3.28. The Morgan fingerprint density at radius 2 is 1.79 bits per heavy atom. The monoisotopic (exact) mass is 515 g/mol. The Morgan fingerprint density at radius 3 is 2.53 bits per heavy atom. The van der Waals surface area contributed by atoms with E-state index in [9.17, 15) is 13.9 Å². The van der Waals surface area contributed by atoms with Crippen molar-refractivity contribution in [2.75, 3.05) is 6.54 Å². The maximum Gasteiger partial charge on any atom is 0.292 e. The molecular formula is C26H19Cl2F2N2OS-. The van der Waals surface area contributed by atoms with Gasteiger partial charge in [-0.05, 0) is 49.6 Å². The van der Waals surface area contributed by atoms with Crippen molar-refractivity contribution in [1.82, 2.24) is 4.98 Å². The zero-order valence-electron chi connectivity index (χ0n) is 18.3. The molecular weight excluding hydrogens is 497 g/mol. The molecule has 174 valence electrons. The van der Waals surface area contributed by atoms with E-state index in [0.29, 0.717) is 31.4 Å². The molecule has 0 atom stereocenters. The lowest BCUT2D eigenvalue weighted by atomic mass is 10.0. The molecule has 0 N–H and O–H groups in total. The molecule has 34 heavy (non-hydrogen) atoms. The number of hydrogen-bond donors (Lipinski definition) is 0. The molecule has 0 unspecified atom stereocenters. The first kappa shape index (κ1) is 24.5. The minimum absolute atomic E-state index is 0.139. The lowest BCUT2D eigenvalue weighted by Crippen LogP contribution is -2.25. The van der Waals surface area contributed by atoms with Crippen molar-refractivity contribution in [2.45, 2.75) is 29.6 Å². The van der Waals surface area contributed by atoms with Gasteiger partial charge in [-0.25, -0.2) is 0 Å². The Bertz CT molecular complexity index is 1410. The summed E-state index contributed by atoms with van der Waals surface area (Å²) in [4.78, 5) is 9.44. The summed E-state index contributed by atoms with van der Waals surface area (Å²) in [5.41, 5.74) is 1.99. The molecule has 0 aliphatic carbocycles. The summed E-state index contributed by atoms with van der Waals surface area (Å²) in [7, 11) is 0. The summed E-state index contributed by atoms with van der Waals surface area (Å²) in [5.74, 6) is -4.02. The molecule has 0 amide bonds.